The van der Waals surface area contributed by atoms with E-state index in [4.69, 9.17) is 21.7 Å². The van der Waals surface area contributed by atoms with Gasteiger partial charge in [0.05, 0.1) is 7.11 Å². The number of hydrogen-bond acceptors (Lipinski definition) is 5. The molecule has 0 spiro atoms. The third-order valence-electron chi connectivity index (χ3n) is 4.91. The zero-order valence-corrected chi connectivity index (χ0v) is 17.9. The molecule has 1 fully saturated rings. The summed E-state index contributed by atoms with van der Waals surface area (Å²) in [5.74, 6) is 2.29. The summed E-state index contributed by atoms with van der Waals surface area (Å²) in [6.07, 6.45) is 1.18. The Morgan fingerprint density at radius 1 is 1.14 bits per heavy atom. The van der Waals surface area contributed by atoms with E-state index in [1.54, 1.807) is 18.9 Å². The molecule has 3 rings (SSSR count). The molecular weight excluding hydrogens is 390 g/mol. The molecule has 0 bridgehead atoms. The number of nitrogens with zero attached hydrogens (tertiary/aromatic N) is 1. The molecule has 0 aliphatic carbocycles. The zero-order valence-electron chi connectivity index (χ0n) is 16.2. The molecule has 1 atom stereocenters. The summed E-state index contributed by atoms with van der Waals surface area (Å²) in [6.45, 7) is 2.89. The summed E-state index contributed by atoms with van der Waals surface area (Å²) in [7, 11) is 1.62. The summed E-state index contributed by atoms with van der Waals surface area (Å²) in [6, 6.07) is 17.6. The zero-order chi connectivity index (χ0) is 20.0. The fourth-order valence-corrected chi connectivity index (χ4v) is 5.00. The number of carbonyl (C=O) groups is 1. The van der Waals surface area contributed by atoms with Crippen LogP contribution in [0.5, 0.6) is 11.5 Å². The second-order valence-electron chi connectivity index (χ2n) is 6.66. The fourth-order valence-electron chi connectivity index (χ4n) is 3.35. The van der Waals surface area contributed by atoms with Crippen LogP contribution in [0.15, 0.2) is 54.6 Å². The molecule has 1 saturated heterocycles. The van der Waals surface area contributed by atoms with Crippen LogP contribution in [0.3, 0.4) is 0 Å². The minimum Gasteiger partial charge on any atom is -0.493 e. The normalized spacial score (nSPS) is 18.7. The maximum Gasteiger partial charge on any atom is 0.224 e. The first kappa shape index (κ1) is 20.7. The number of benzene rings is 2. The van der Waals surface area contributed by atoms with Gasteiger partial charge in [0.2, 0.25) is 5.91 Å². The van der Waals surface area contributed by atoms with E-state index in [1.165, 1.54) is 0 Å². The van der Waals surface area contributed by atoms with Crippen LogP contribution in [-0.4, -0.2) is 46.6 Å². The molecule has 1 heterocycles. The van der Waals surface area contributed by atoms with Gasteiger partial charge < -0.3 is 14.4 Å². The first-order valence-corrected chi connectivity index (χ1v) is 10.7. The number of para-hydroxylation sites is 2. The summed E-state index contributed by atoms with van der Waals surface area (Å²) < 4.78 is 11.5. The van der Waals surface area contributed by atoms with Crippen LogP contribution < -0.4 is 9.47 Å². The predicted octanol–water partition coefficient (Wildman–Crippen LogP) is 4.37. The lowest BCUT2D eigenvalue weighted by atomic mass is 10.1. The van der Waals surface area contributed by atoms with Crippen LogP contribution in [0.1, 0.15) is 18.9 Å². The maximum atomic E-state index is 13.0. The molecule has 0 radical (unpaired) electrons. The molecule has 1 aliphatic rings. The van der Waals surface area contributed by atoms with Crippen molar-refractivity contribution < 1.29 is 14.3 Å². The SMILES string of the molecule is COc1ccccc1OCC1(C(C)=S)SCCN1C(=O)CCc1ccccc1. The molecule has 6 heteroatoms. The average molecular weight is 416 g/mol. The minimum absolute atomic E-state index is 0.113. The lowest BCUT2D eigenvalue weighted by molar-refractivity contribution is -0.132. The first-order chi connectivity index (χ1) is 13.6. The van der Waals surface area contributed by atoms with Crippen molar-refractivity contribution in [3.63, 3.8) is 0 Å². The van der Waals surface area contributed by atoms with E-state index >= 15 is 0 Å². The molecule has 2 aromatic carbocycles. The van der Waals surface area contributed by atoms with Crippen LogP contribution in [0.2, 0.25) is 0 Å². The number of thiocarbonyl (C=S) groups is 1. The Balaban J connectivity index is 1.72. The molecule has 148 valence electrons. The van der Waals surface area contributed by atoms with Gasteiger partial charge in [-0.1, -0.05) is 54.7 Å². The molecule has 1 unspecified atom stereocenters. The second kappa shape index (κ2) is 9.43. The van der Waals surface area contributed by atoms with Gasteiger partial charge in [0.15, 0.2) is 16.4 Å². The van der Waals surface area contributed by atoms with Crippen LogP contribution in [0.25, 0.3) is 0 Å². The summed E-state index contributed by atoms with van der Waals surface area (Å²) in [4.78, 5) is 15.1. The van der Waals surface area contributed by atoms with Gasteiger partial charge >= 0.3 is 0 Å². The number of hydrogen-bond donors (Lipinski definition) is 0. The van der Waals surface area contributed by atoms with Crippen LogP contribution in [0.4, 0.5) is 0 Å². The summed E-state index contributed by atoms with van der Waals surface area (Å²) >= 11 is 7.28. The highest BCUT2D eigenvalue weighted by Crippen LogP contribution is 2.39. The van der Waals surface area contributed by atoms with E-state index in [9.17, 15) is 4.79 Å². The Labute approximate surface area is 176 Å². The summed E-state index contributed by atoms with van der Waals surface area (Å²) in [5.41, 5.74) is 1.16. The molecule has 0 N–H and O–H groups in total. The monoisotopic (exact) mass is 415 g/mol. The van der Waals surface area contributed by atoms with Gasteiger partial charge in [0, 0.05) is 23.6 Å². The Bertz CT molecular complexity index is 828. The van der Waals surface area contributed by atoms with Gasteiger partial charge in [-0.25, -0.2) is 0 Å². The lowest BCUT2D eigenvalue weighted by Crippen LogP contribution is -2.53. The average Bonchev–Trinajstić information content (AvgIpc) is 3.17. The van der Waals surface area contributed by atoms with Crippen molar-refractivity contribution in [2.45, 2.75) is 24.6 Å². The van der Waals surface area contributed by atoms with Crippen molar-refractivity contribution in [1.29, 1.82) is 0 Å². The fraction of sp³-hybridized carbons (Fsp3) is 0.364. The van der Waals surface area contributed by atoms with Gasteiger partial charge in [0.1, 0.15) is 6.61 Å². The van der Waals surface area contributed by atoms with Crippen LogP contribution in [-0.2, 0) is 11.2 Å². The number of carbonyl (C=O) groups excluding carboxylic acids is 1. The molecule has 1 amide bonds. The molecule has 1 aliphatic heterocycles. The Kier molecular flexibility index (Phi) is 6.97. The van der Waals surface area contributed by atoms with Crippen molar-refractivity contribution in [3.05, 3.63) is 60.2 Å². The number of rotatable bonds is 8. The van der Waals surface area contributed by atoms with Crippen LogP contribution >= 0.6 is 24.0 Å². The van der Waals surface area contributed by atoms with Crippen LogP contribution in [0, 0.1) is 0 Å². The van der Waals surface area contributed by atoms with E-state index in [2.05, 4.69) is 12.1 Å². The lowest BCUT2D eigenvalue weighted by Gasteiger charge is -2.37. The van der Waals surface area contributed by atoms with E-state index < -0.39 is 4.87 Å². The number of methoxy groups -OCH3 is 1. The third kappa shape index (κ3) is 4.50. The van der Waals surface area contributed by atoms with Gasteiger partial charge in [-0.05, 0) is 31.0 Å². The smallest absolute Gasteiger partial charge is 0.224 e. The highest BCUT2D eigenvalue weighted by atomic mass is 32.2. The van der Waals surface area contributed by atoms with Crippen molar-refractivity contribution >= 4 is 34.8 Å². The Morgan fingerprint density at radius 3 is 2.50 bits per heavy atom. The van der Waals surface area contributed by atoms with E-state index in [-0.39, 0.29) is 5.91 Å². The van der Waals surface area contributed by atoms with E-state index in [0.29, 0.717) is 31.1 Å². The number of amides is 1. The number of ether oxygens (including phenoxy) is 2. The molecule has 0 saturated carbocycles. The minimum atomic E-state index is -0.621. The van der Waals surface area contributed by atoms with Crippen molar-refractivity contribution in [2.24, 2.45) is 0 Å². The van der Waals surface area contributed by atoms with Gasteiger partial charge in [-0.15, -0.1) is 11.8 Å². The van der Waals surface area contributed by atoms with E-state index in [1.807, 2.05) is 54.3 Å². The molecule has 0 aromatic heterocycles. The second-order valence-corrected chi connectivity index (χ2v) is 8.64. The largest absolute Gasteiger partial charge is 0.493 e. The van der Waals surface area contributed by atoms with Crippen molar-refractivity contribution in [1.82, 2.24) is 4.90 Å². The number of aryl methyl sites for hydroxylation is 1. The predicted molar refractivity (Wildman–Crippen MR) is 118 cm³/mol. The van der Waals surface area contributed by atoms with Crippen molar-refractivity contribution in [3.8, 4) is 11.5 Å². The standard InChI is InChI=1S/C22H25NO3S2/c1-17(27)22(16-26-20-11-7-6-10-19(20)25-2)23(14-15-28-22)21(24)13-12-18-8-4-3-5-9-18/h3-11H,12-16H2,1-2H3. The van der Waals surface area contributed by atoms with Crippen molar-refractivity contribution in [2.75, 3.05) is 26.0 Å². The van der Waals surface area contributed by atoms with E-state index in [0.717, 1.165) is 22.6 Å². The van der Waals surface area contributed by atoms with Gasteiger partial charge in [0.25, 0.3) is 0 Å². The molecular formula is C22H25NO3S2. The number of thioether (sulfide) groups is 1. The molecule has 4 nitrogen and oxygen atoms in total. The molecule has 2 aromatic rings. The third-order valence-corrected chi connectivity index (χ3v) is 6.88. The van der Waals surface area contributed by atoms with Gasteiger partial charge in [-0.2, -0.15) is 0 Å². The highest BCUT2D eigenvalue weighted by molar-refractivity contribution is 8.02. The molecule has 28 heavy (non-hydrogen) atoms. The Hall–Kier alpha value is -2.05. The topological polar surface area (TPSA) is 38.8 Å². The quantitative estimate of drug-likeness (QED) is 0.599. The Morgan fingerprint density at radius 2 is 1.82 bits per heavy atom. The van der Waals surface area contributed by atoms with Gasteiger partial charge in [-0.3, -0.25) is 4.79 Å². The summed E-state index contributed by atoms with van der Waals surface area (Å²) in [5, 5.41) is 0. The maximum absolute atomic E-state index is 13.0. The highest BCUT2D eigenvalue weighted by Gasteiger charge is 2.47. The first-order valence-electron chi connectivity index (χ1n) is 9.32.